The molecule has 0 aliphatic rings. The lowest BCUT2D eigenvalue weighted by atomic mass is 10.1. The number of ether oxygens (including phenoxy) is 1. The summed E-state index contributed by atoms with van der Waals surface area (Å²) in [5, 5.41) is 0. The second kappa shape index (κ2) is 7.64. The van der Waals surface area contributed by atoms with Crippen LogP contribution >= 0.6 is 0 Å². The van der Waals surface area contributed by atoms with Gasteiger partial charge in [-0.15, -0.1) is 0 Å². The molecule has 2 aromatic rings. The second-order valence-electron chi connectivity index (χ2n) is 5.22. The van der Waals surface area contributed by atoms with Gasteiger partial charge in [0, 0.05) is 12.2 Å². The number of aryl methyl sites for hydroxylation is 1. The van der Waals surface area contributed by atoms with Crippen molar-refractivity contribution < 1.29 is 9.53 Å². The molecule has 0 aliphatic heterocycles. The zero-order valence-electron chi connectivity index (χ0n) is 13.5. The van der Waals surface area contributed by atoms with E-state index in [-0.39, 0.29) is 5.91 Å². The van der Waals surface area contributed by atoms with Crippen molar-refractivity contribution in [3.8, 4) is 5.75 Å². The molecule has 116 valence electrons. The van der Waals surface area contributed by atoms with Crippen LogP contribution in [0.4, 0.5) is 5.69 Å². The minimum Gasteiger partial charge on any atom is -0.493 e. The third kappa shape index (κ3) is 3.67. The number of rotatable bonds is 6. The predicted octanol–water partition coefficient (Wildman–Crippen LogP) is 4.45. The van der Waals surface area contributed by atoms with E-state index in [0.29, 0.717) is 24.5 Å². The number of carbonyl (C=O) groups is 1. The maximum absolute atomic E-state index is 13.0. The number of amides is 1. The molecule has 0 N–H and O–H groups in total. The zero-order valence-corrected chi connectivity index (χ0v) is 13.5. The monoisotopic (exact) mass is 297 g/mol. The van der Waals surface area contributed by atoms with Gasteiger partial charge in [0.15, 0.2) is 0 Å². The number of para-hydroxylation sites is 1. The minimum absolute atomic E-state index is 0.0171. The molecule has 0 unspecified atom stereocenters. The molecule has 1 amide bonds. The number of benzene rings is 2. The Morgan fingerprint density at radius 1 is 1.09 bits per heavy atom. The highest BCUT2D eigenvalue weighted by Gasteiger charge is 2.20. The van der Waals surface area contributed by atoms with Crippen molar-refractivity contribution in [2.24, 2.45) is 0 Å². The first-order valence-corrected chi connectivity index (χ1v) is 7.77. The average Bonchev–Trinajstić information content (AvgIpc) is 2.53. The van der Waals surface area contributed by atoms with E-state index in [1.807, 2.05) is 67.3 Å². The smallest absolute Gasteiger partial charge is 0.262 e. The topological polar surface area (TPSA) is 29.5 Å². The Morgan fingerprint density at radius 3 is 2.55 bits per heavy atom. The molecule has 22 heavy (non-hydrogen) atoms. The molecule has 0 bridgehead atoms. The van der Waals surface area contributed by atoms with Gasteiger partial charge in [-0.3, -0.25) is 4.79 Å². The first-order chi connectivity index (χ1) is 10.7. The molecule has 0 aliphatic carbocycles. The molecule has 0 heterocycles. The predicted molar refractivity (Wildman–Crippen MR) is 90.8 cm³/mol. The SMILES string of the molecule is CCCN(C(=O)c1ccccc1OCC)c1cccc(C)c1. The van der Waals surface area contributed by atoms with Crippen LogP contribution in [-0.2, 0) is 0 Å². The number of hydrogen-bond acceptors (Lipinski definition) is 2. The van der Waals surface area contributed by atoms with Crippen molar-refractivity contribution in [3.05, 3.63) is 59.7 Å². The van der Waals surface area contributed by atoms with E-state index in [9.17, 15) is 4.79 Å². The standard InChI is InChI=1S/C19H23NO2/c1-4-13-20(16-10-8-9-15(3)14-16)19(21)17-11-6-7-12-18(17)22-5-2/h6-12,14H,4-5,13H2,1-3H3. The summed E-state index contributed by atoms with van der Waals surface area (Å²) >= 11 is 0. The summed E-state index contributed by atoms with van der Waals surface area (Å²) in [6.07, 6.45) is 0.899. The van der Waals surface area contributed by atoms with Gasteiger partial charge in [0.25, 0.3) is 5.91 Å². The van der Waals surface area contributed by atoms with Crippen LogP contribution < -0.4 is 9.64 Å². The first-order valence-electron chi connectivity index (χ1n) is 7.77. The number of hydrogen-bond donors (Lipinski definition) is 0. The van der Waals surface area contributed by atoms with E-state index in [4.69, 9.17) is 4.74 Å². The summed E-state index contributed by atoms with van der Waals surface area (Å²) in [6.45, 7) is 7.26. The average molecular weight is 297 g/mol. The van der Waals surface area contributed by atoms with Crippen LogP contribution in [0.15, 0.2) is 48.5 Å². The molecule has 2 aromatic carbocycles. The summed E-state index contributed by atoms with van der Waals surface area (Å²) in [5.41, 5.74) is 2.68. The fourth-order valence-corrected chi connectivity index (χ4v) is 2.44. The maximum Gasteiger partial charge on any atom is 0.262 e. The number of carbonyl (C=O) groups excluding carboxylic acids is 1. The van der Waals surface area contributed by atoms with Gasteiger partial charge < -0.3 is 9.64 Å². The summed E-state index contributed by atoms with van der Waals surface area (Å²) in [7, 11) is 0. The Kier molecular flexibility index (Phi) is 5.59. The van der Waals surface area contributed by atoms with Gasteiger partial charge in [0.1, 0.15) is 5.75 Å². The van der Waals surface area contributed by atoms with E-state index < -0.39 is 0 Å². The van der Waals surface area contributed by atoms with E-state index in [2.05, 4.69) is 6.92 Å². The molecule has 3 heteroatoms. The van der Waals surface area contributed by atoms with Gasteiger partial charge in [-0.2, -0.15) is 0 Å². The molecule has 0 atom stereocenters. The molecular weight excluding hydrogens is 274 g/mol. The molecule has 0 saturated heterocycles. The lowest BCUT2D eigenvalue weighted by molar-refractivity contribution is 0.0983. The van der Waals surface area contributed by atoms with Crippen molar-refractivity contribution in [2.45, 2.75) is 27.2 Å². The quantitative estimate of drug-likeness (QED) is 0.788. The molecular formula is C19H23NO2. The zero-order chi connectivity index (χ0) is 15.9. The Balaban J connectivity index is 2.38. The van der Waals surface area contributed by atoms with E-state index in [0.717, 1.165) is 17.7 Å². The second-order valence-corrected chi connectivity index (χ2v) is 5.22. The summed E-state index contributed by atoms with van der Waals surface area (Å²) < 4.78 is 5.60. The molecule has 0 radical (unpaired) electrons. The van der Waals surface area contributed by atoms with Gasteiger partial charge in [-0.25, -0.2) is 0 Å². The molecule has 0 spiro atoms. The molecule has 3 nitrogen and oxygen atoms in total. The highest BCUT2D eigenvalue weighted by molar-refractivity contribution is 6.07. The van der Waals surface area contributed by atoms with Gasteiger partial charge in [-0.1, -0.05) is 31.2 Å². The van der Waals surface area contributed by atoms with Crippen LogP contribution in [0, 0.1) is 6.92 Å². The molecule has 0 aromatic heterocycles. The van der Waals surface area contributed by atoms with Crippen molar-refractivity contribution in [1.29, 1.82) is 0 Å². The fourth-order valence-electron chi connectivity index (χ4n) is 2.44. The van der Waals surface area contributed by atoms with Gasteiger partial charge in [0.05, 0.1) is 12.2 Å². The third-order valence-electron chi connectivity index (χ3n) is 3.42. The minimum atomic E-state index is -0.0171. The largest absolute Gasteiger partial charge is 0.493 e. The van der Waals surface area contributed by atoms with E-state index in [1.165, 1.54) is 0 Å². The Morgan fingerprint density at radius 2 is 1.86 bits per heavy atom. The highest BCUT2D eigenvalue weighted by Crippen LogP contribution is 2.24. The summed E-state index contributed by atoms with van der Waals surface area (Å²) in [5.74, 6) is 0.625. The first kappa shape index (κ1) is 16.1. The normalized spacial score (nSPS) is 10.3. The van der Waals surface area contributed by atoms with Gasteiger partial charge in [0.2, 0.25) is 0 Å². The maximum atomic E-state index is 13.0. The van der Waals surface area contributed by atoms with Gasteiger partial charge in [-0.05, 0) is 50.1 Å². The third-order valence-corrected chi connectivity index (χ3v) is 3.42. The van der Waals surface area contributed by atoms with Crippen molar-refractivity contribution in [3.63, 3.8) is 0 Å². The lowest BCUT2D eigenvalue weighted by Gasteiger charge is -2.23. The van der Waals surface area contributed by atoms with Crippen molar-refractivity contribution >= 4 is 11.6 Å². The van der Waals surface area contributed by atoms with Crippen LogP contribution in [0.1, 0.15) is 36.2 Å². The van der Waals surface area contributed by atoms with Gasteiger partial charge >= 0.3 is 0 Å². The van der Waals surface area contributed by atoms with Crippen LogP contribution in [0.2, 0.25) is 0 Å². The van der Waals surface area contributed by atoms with Crippen LogP contribution in [0.3, 0.4) is 0 Å². The van der Waals surface area contributed by atoms with E-state index >= 15 is 0 Å². The van der Waals surface area contributed by atoms with Crippen molar-refractivity contribution in [1.82, 2.24) is 0 Å². The Hall–Kier alpha value is -2.29. The van der Waals surface area contributed by atoms with Crippen molar-refractivity contribution in [2.75, 3.05) is 18.1 Å². The molecule has 0 fully saturated rings. The summed E-state index contributed by atoms with van der Waals surface area (Å²) in [6, 6.07) is 15.5. The van der Waals surface area contributed by atoms with Crippen LogP contribution in [-0.4, -0.2) is 19.1 Å². The fraction of sp³-hybridized carbons (Fsp3) is 0.316. The molecule has 2 rings (SSSR count). The highest BCUT2D eigenvalue weighted by atomic mass is 16.5. The van der Waals surface area contributed by atoms with Crippen LogP contribution in [0.5, 0.6) is 5.75 Å². The number of anilines is 1. The van der Waals surface area contributed by atoms with Crippen LogP contribution in [0.25, 0.3) is 0 Å². The van der Waals surface area contributed by atoms with E-state index in [1.54, 1.807) is 0 Å². The Bertz CT molecular complexity index is 637. The molecule has 0 saturated carbocycles. The summed E-state index contributed by atoms with van der Waals surface area (Å²) in [4.78, 5) is 14.8. The lowest BCUT2D eigenvalue weighted by Crippen LogP contribution is -2.32. The number of nitrogens with zero attached hydrogens (tertiary/aromatic N) is 1. The Labute approximate surface area is 132 Å².